The van der Waals surface area contributed by atoms with E-state index in [4.69, 9.17) is 5.11 Å². The third-order valence-electron chi connectivity index (χ3n) is 3.79. The molecule has 5 heteroatoms. The molecule has 0 radical (unpaired) electrons. The molecule has 126 valence electrons. The quantitative estimate of drug-likeness (QED) is 0.389. The Hall–Kier alpha value is 0.576. The summed E-state index contributed by atoms with van der Waals surface area (Å²) in [7, 11) is 1.55. The van der Waals surface area contributed by atoms with E-state index >= 15 is 0 Å². The van der Waals surface area contributed by atoms with Crippen molar-refractivity contribution in [3.63, 3.8) is 0 Å². The van der Waals surface area contributed by atoms with Crippen LogP contribution in [-0.4, -0.2) is 86.9 Å². The van der Waals surface area contributed by atoms with Gasteiger partial charge in [-0.25, -0.2) is 0 Å². The van der Waals surface area contributed by atoms with Crippen molar-refractivity contribution in [3.05, 3.63) is 0 Å². The third-order valence-corrected chi connectivity index (χ3v) is 3.79. The molecule has 1 N–H and O–H groups in total. The van der Waals surface area contributed by atoms with E-state index in [2.05, 4.69) is 6.92 Å². The van der Waals surface area contributed by atoms with E-state index < -0.39 is 5.97 Å². The van der Waals surface area contributed by atoms with E-state index in [-0.39, 0.29) is 63.8 Å². The van der Waals surface area contributed by atoms with E-state index in [1.807, 2.05) is 0 Å². The predicted octanol–water partition coefficient (Wildman–Crippen LogP) is 3.58. The van der Waals surface area contributed by atoms with E-state index in [0.29, 0.717) is 6.42 Å². The van der Waals surface area contributed by atoms with Gasteiger partial charge in [0.2, 0.25) is 5.91 Å². The number of hydrogen-bond donors (Lipinski definition) is 1. The molecule has 22 heavy (non-hydrogen) atoms. The molecule has 0 aliphatic carbocycles. The molecule has 0 rings (SSSR count). The Labute approximate surface area is 178 Å². The molecule has 0 saturated carbocycles. The zero-order valence-corrected chi connectivity index (χ0v) is 13.9. The summed E-state index contributed by atoms with van der Waals surface area (Å²) in [4.78, 5) is 23.4. The number of amides is 1. The summed E-state index contributed by atoms with van der Waals surface area (Å²) in [6, 6.07) is 0. The van der Waals surface area contributed by atoms with Crippen molar-refractivity contribution in [1.82, 2.24) is 4.90 Å². The molecule has 0 bridgehead atoms. The number of carbonyl (C=O) groups excluding carboxylic acids is 1. The van der Waals surface area contributed by atoms with E-state index in [9.17, 15) is 9.59 Å². The van der Waals surface area contributed by atoms with Crippen LogP contribution < -0.4 is 0 Å². The molecule has 0 atom stereocenters. The number of carboxylic acid groups (broad SMARTS) is 1. The molecule has 0 spiro atoms. The van der Waals surface area contributed by atoms with Crippen LogP contribution >= 0.6 is 0 Å². The van der Waals surface area contributed by atoms with Crippen LogP contribution in [0.25, 0.3) is 0 Å². The van der Waals surface area contributed by atoms with Crippen LogP contribution in [0.5, 0.6) is 0 Å². The molecule has 0 heterocycles. The van der Waals surface area contributed by atoms with Crippen molar-refractivity contribution in [1.29, 1.82) is 0 Å². The summed E-state index contributed by atoms with van der Waals surface area (Å²) in [5.41, 5.74) is 0. The van der Waals surface area contributed by atoms with Gasteiger partial charge >= 0.3 is 57.4 Å². The van der Waals surface area contributed by atoms with Gasteiger partial charge in [-0.3, -0.25) is 9.59 Å². The third kappa shape index (κ3) is 16.9. The number of unbranched alkanes of at least 4 members (excludes halogenated alkanes) is 10. The van der Waals surface area contributed by atoms with E-state index in [0.717, 1.165) is 12.8 Å². The number of aliphatic carboxylic acids is 1. The maximum absolute atomic E-state index is 11.6. The summed E-state index contributed by atoms with van der Waals surface area (Å²) in [6.45, 7) is 2.04. The van der Waals surface area contributed by atoms with Gasteiger partial charge in [-0.1, -0.05) is 71.1 Å². The fourth-order valence-electron chi connectivity index (χ4n) is 2.42. The molecule has 0 fully saturated rings. The average molecular weight is 340 g/mol. The topological polar surface area (TPSA) is 57.6 Å². The zero-order valence-electron chi connectivity index (χ0n) is 13.9. The molecule has 0 aliphatic heterocycles. The Bertz CT molecular complexity index is 285. The molecular formula is C17H34KNO3. The van der Waals surface area contributed by atoms with Gasteiger partial charge in [0.05, 0.1) is 0 Å². The number of carboxylic acids is 1. The van der Waals surface area contributed by atoms with Gasteiger partial charge in [-0.2, -0.15) is 0 Å². The Morgan fingerprint density at radius 3 is 1.64 bits per heavy atom. The molecule has 0 aromatic carbocycles. The van der Waals surface area contributed by atoms with Crippen molar-refractivity contribution < 1.29 is 14.7 Å². The summed E-state index contributed by atoms with van der Waals surface area (Å²) in [6.07, 6.45) is 14.3. The first kappa shape index (κ1) is 24.8. The van der Waals surface area contributed by atoms with Crippen LogP contribution in [0.1, 0.15) is 84.0 Å². The van der Waals surface area contributed by atoms with Crippen molar-refractivity contribution in [3.8, 4) is 0 Å². The number of carbonyl (C=O) groups is 2. The molecule has 0 saturated heterocycles. The van der Waals surface area contributed by atoms with Crippen LogP contribution in [0, 0.1) is 0 Å². The Balaban J connectivity index is 0. The summed E-state index contributed by atoms with van der Waals surface area (Å²) < 4.78 is 0. The van der Waals surface area contributed by atoms with Gasteiger partial charge in [-0.15, -0.1) is 0 Å². The molecule has 0 aromatic heterocycles. The number of likely N-dealkylation sites (N-methyl/N-ethyl adjacent to an activating group) is 1. The summed E-state index contributed by atoms with van der Waals surface area (Å²) in [5, 5.41) is 8.60. The number of hydrogen-bond acceptors (Lipinski definition) is 2. The van der Waals surface area contributed by atoms with Crippen molar-refractivity contribution >= 4 is 63.3 Å². The van der Waals surface area contributed by atoms with Crippen molar-refractivity contribution in [2.45, 2.75) is 84.0 Å². The Morgan fingerprint density at radius 2 is 1.23 bits per heavy atom. The first-order chi connectivity index (χ1) is 10.1. The van der Waals surface area contributed by atoms with Gasteiger partial charge in [0.25, 0.3) is 0 Å². The minimum absolute atomic E-state index is 0. The number of nitrogens with zero attached hydrogens (tertiary/aromatic N) is 1. The summed E-state index contributed by atoms with van der Waals surface area (Å²) >= 11 is 0. The average Bonchev–Trinajstić information content (AvgIpc) is 2.43. The van der Waals surface area contributed by atoms with Gasteiger partial charge in [0.15, 0.2) is 0 Å². The zero-order chi connectivity index (χ0) is 15.9. The van der Waals surface area contributed by atoms with Crippen LogP contribution in [0.15, 0.2) is 0 Å². The fourth-order valence-corrected chi connectivity index (χ4v) is 2.42. The molecule has 0 aliphatic rings. The van der Waals surface area contributed by atoms with Crippen LogP contribution in [0.4, 0.5) is 0 Å². The Morgan fingerprint density at radius 1 is 0.818 bits per heavy atom. The minimum atomic E-state index is -0.954. The van der Waals surface area contributed by atoms with Gasteiger partial charge in [-0.05, 0) is 6.42 Å². The van der Waals surface area contributed by atoms with Crippen LogP contribution in [0.3, 0.4) is 0 Å². The molecule has 1 amide bonds. The first-order valence-corrected chi connectivity index (χ1v) is 8.53. The standard InChI is InChI=1S/C17H33NO3.K.H/c1-3-4-5-6-7-8-9-10-11-12-13-14-16(19)18(2)15-17(20)21;;/h3-15H2,1-2H3,(H,20,21);;. The van der Waals surface area contributed by atoms with Gasteiger partial charge < -0.3 is 10.0 Å². The summed E-state index contributed by atoms with van der Waals surface area (Å²) in [5.74, 6) is -1.02. The molecule has 0 unspecified atom stereocenters. The second kappa shape index (κ2) is 17.9. The second-order valence-corrected chi connectivity index (χ2v) is 5.93. The molecule has 4 nitrogen and oxygen atoms in total. The normalized spacial score (nSPS) is 10.1. The first-order valence-electron chi connectivity index (χ1n) is 8.53. The fraction of sp³-hybridized carbons (Fsp3) is 0.882. The predicted molar refractivity (Wildman–Crippen MR) is 93.5 cm³/mol. The van der Waals surface area contributed by atoms with Crippen molar-refractivity contribution in [2.24, 2.45) is 0 Å². The van der Waals surface area contributed by atoms with Crippen molar-refractivity contribution in [2.75, 3.05) is 13.6 Å². The van der Waals surface area contributed by atoms with Gasteiger partial charge in [0.1, 0.15) is 6.54 Å². The number of rotatable bonds is 14. The molecule has 0 aromatic rings. The van der Waals surface area contributed by atoms with E-state index in [1.165, 1.54) is 62.7 Å². The van der Waals surface area contributed by atoms with Gasteiger partial charge in [0, 0.05) is 13.5 Å². The molecular weight excluding hydrogens is 305 g/mol. The maximum atomic E-state index is 11.6. The SMILES string of the molecule is CCCCCCCCCCCCCC(=O)N(C)CC(=O)O.[KH]. The monoisotopic (exact) mass is 339 g/mol. The second-order valence-electron chi connectivity index (χ2n) is 5.93. The van der Waals surface area contributed by atoms with E-state index in [1.54, 1.807) is 7.05 Å². The van der Waals surface area contributed by atoms with Crippen LogP contribution in [-0.2, 0) is 9.59 Å². The van der Waals surface area contributed by atoms with Crippen LogP contribution in [0.2, 0.25) is 0 Å². The Kier molecular flexibility index (Phi) is 20.2.